The van der Waals surface area contributed by atoms with Crippen LogP contribution in [0.3, 0.4) is 0 Å². The Morgan fingerprint density at radius 1 is 1.27 bits per heavy atom. The smallest absolute Gasteiger partial charge is 0.251 e. The molecule has 0 spiro atoms. The van der Waals surface area contributed by atoms with Gasteiger partial charge in [0.15, 0.2) is 5.82 Å². The summed E-state index contributed by atoms with van der Waals surface area (Å²) in [6.45, 7) is 4.22. The summed E-state index contributed by atoms with van der Waals surface area (Å²) in [4.78, 5) is 15.2. The number of amides is 1. The fourth-order valence-corrected chi connectivity index (χ4v) is 4.27. The number of piperidine rings is 1. The van der Waals surface area contributed by atoms with E-state index in [0.717, 1.165) is 61.2 Å². The Bertz CT molecular complexity index is 683. The highest BCUT2D eigenvalue weighted by atomic mass is 32.1. The minimum absolute atomic E-state index is 0.171. The summed E-state index contributed by atoms with van der Waals surface area (Å²) >= 11 is 1.61. The second-order valence-electron chi connectivity index (χ2n) is 5.98. The van der Waals surface area contributed by atoms with Gasteiger partial charge in [-0.1, -0.05) is 11.3 Å². The van der Waals surface area contributed by atoms with E-state index >= 15 is 0 Å². The van der Waals surface area contributed by atoms with Crippen molar-refractivity contribution in [2.24, 2.45) is 0 Å². The molecule has 2 saturated heterocycles. The van der Waals surface area contributed by atoms with Crippen molar-refractivity contribution in [3.8, 4) is 0 Å². The molecule has 0 aliphatic carbocycles. The van der Waals surface area contributed by atoms with Crippen LogP contribution in [-0.2, 0) is 9.53 Å². The zero-order chi connectivity index (χ0) is 15.1. The highest BCUT2D eigenvalue weighted by Gasteiger charge is 2.32. The van der Waals surface area contributed by atoms with Crippen LogP contribution in [0.1, 0.15) is 42.4 Å². The van der Waals surface area contributed by atoms with E-state index in [1.54, 1.807) is 11.3 Å². The number of rotatable bonds is 2. The average Bonchev–Trinajstić information content (AvgIpc) is 3.26. The molecule has 0 bridgehead atoms. The van der Waals surface area contributed by atoms with Crippen molar-refractivity contribution in [3.05, 3.63) is 10.8 Å². The largest absolute Gasteiger partial charge is 0.368 e. The van der Waals surface area contributed by atoms with Gasteiger partial charge in [-0.25, -0.2) is 0 Å². The summed E-state index contributed by atoms with van der Waals surface area (Å²) in [5.41, 5.74) is 0. The van der Waals surface area contributed by atoms with Crippen LogP contribution in [0.2, 0.25) is 0 Å². The molecular formula is C14H19N5O2S. The summed E-state index contributed by atoms with van der Waals surface area (Å²) < 4.78 is 7.31. The summed E-state index contributed by atoms with van der Waals surface area (Å²) in [5, 5.41) is 13.9. The fourth-order valence-electron chi connectivity index (χ4n) is 3.22. The number of hydrogen-bond acceptors (Lipinski definition) is 6. The van der Waals surface area contributed by atoms with Crippen molar-refractivity contribution in [1.29, 1.82) is 0 Å². The molecule has 1 unspecified atom stereocenters. The zero-order valence-corrected chi connectivity index (χ0v) is 13.4. The van der Waals surface area contributed by atoms with Crippen molar-refractivity contribution in [1.82, 2.24) is 24.7 Å². The van der Waals surface area contributed by atoms with E-state index in [9.17, 15) is 4.79 Å². The number of carbonyl (C=O) groups excluding carboxylic acids is 1. The molecule has 22 heavy (non-hydrogen) atoms. The number of aryl methyl sites for hydroxylation is 1. The van der Waals surface area contributed by atoms with Crippen LogP contribution in [-0.4, -0.2) is 56.4 Å². The summed E-state index contributed by atoms with van der Waals surface area (Å²) in [6.07, 6.45) is 3.59. The molecule has 0 aromatic carbocycles. The van der Waals surface area contributed by atoms with E-state index in [-0.39, 0.29) is 12.0 Å². The number of fused-ring (bicyclic) bond motifs is 1. The number of nitrogens with zero attached hydrogens (tertiary/aromatic N) is 5. The standard InChI is InChI=1S/C14H19N5O2S/c1-9-15-16-14-19(9)17-12(22-14)10-4-6-18(7-5-10)13(20)11-3-2-8-21-11/h10-11H,2-8H2,1H3. The third-order valence-electron chi connectivity index (χ3n) is 4.52. The predicted molar refractivity (Wildman–Crippen MR) is 80.9 cm³/mol. The molecule has 4 heterocycles. The first-order chi connectivity index (χ1) is 10.7. The number of ether oxygens (including phenoxy) is 1. The minimum Gasteiger partial charge on any atom is -0.368 e. The molecule has 2 fully saturated rings. The Kier molecular flexibility index (Phi) is 3.57. The van der Waals surface area contributed by atoms with Crippen LogP contribution in [0.25, 0.3) is 4.96 Å². The number of carbonyl (C=O) groups is 1. The average molecular weight is 321 g/mol. The van der Waals surface area contributed by atoms with E-state index in [2.05, 4.69) is 15.3 Å². The fraction of sp³-hybridized carbons (Fsp3) is 0.714. The van der Waals surface area contributed by atoms with E-state index in [1.165, 1.54) is 0 Å². The Morgan fingerprint density at radius 3 is 2.77 bits per heavy atom. The molecule has 2 aromatic heterocycles. The third kappa shape index (κ3) is 2.40. The lowest BCUT2D eigenvalue weighted by molar-refractivity contribution is -0.142. The first-order valence-electron chi connectivity index (χ1n) is 7.81. The van der Waals surface area contributed by atoms with Gasteiger partial charge in [0.1, 0.15) is 11.1 Å². The monoisotopic (exact) mass is 321 g/mol. The van der Waals surface area contributed by atoms with Gasteiger partial charge in [0.25, 0.3) is 5.91 Å². The van der Waals surface area contributed by atoms with Crippen molar-refractivity contribution >= 4 is 22.2 Å². The molecule has 4 rings (SSSR count). The summed E-state index contributed by atoms with van der Waals surface area (Å²) in [7, 11) is 0. The van der Waals surface area contributed by atoms with Gasteiger partial charge in [-0.15, -0.1) is 10.2 Å². The van der Waals surface area contributed by atoms with Gasteiger partial charge < -0.3 is 9.64 Å². The second-order valence-corrected chi connectivity index (χ2v) is 6.97. The lowest BCUT2D eigenvalue weighted by Crippen LogP contribution is -2.43. The Labute approximate surface area is 132 Å². The van der Waals surface area contributed by atoms with Crippen LogP contribution in [0, 0.1) is 6.92 Å². The lowest BCUT2D eigenvalue weighted by Gasteiger charge is -2.32. The minimum atomic E-state index is -0.201. The van der Waals surface area contributed by atoms with Crippen LogP contribution in [0.4, 0.5) is 0 Å². The zero-order valence-electron chi connectivity index (χ0n) is 12.6. The van der Waals surface area contributed by atoms with Gasteiger partial charge in [-0.3, -0.25) is 4.79 Å². The van der Waals surface area contributed by atoms with Crippen molar-refractivity contribution in [2.45, 2.75) is 44.6 Å². The van der Waals surface area contributed by atoms with Crippen molar-refractivity contribution in [2.75, 3.05) is 19.7 Å². The molecule has 0 radical (unpaired) electrons. The first-order valence-corrected chi connectivity index (χ1v) is 8.63. The summed E-state index contributed by atoms with van der Waals surface area (Å²) in [6, 6.07) is 0. The highest BCUT2D eigenvalue weighted by Crippen LogP contribution is 2.31. The predicted octanol–water partition coefficient (Wildman–Crippen LogP) is 1.38. The van der Waals surface area contributed by atoms with E-state index in [0.29, 0.717) is 5.92 Å². The molecule has 8 heteroatoms. The number of likely N-dealkylation sites (tertiary alicyclic amines) is 1. The Balaban J connectivity index is 1.41. The van der Waals surface area contributed by atoms with E-state index < -0.39 is 0 Å². The maximum atomic E-state index is 12.4. The maximum absolute atomic E-state index is 12.4. The first kappa shape index (κ1) is 14.1. The molecule has 1 atom stereocenters. The lowest BCUT2D eigenvalue weighted by atomic mass is 9.97. The van der Waals surface area contributed by atoms with Crippen LogP contribution in [0.15, 0.2) is 0 Å². The maximum Gasteiger partial charge on any atom is 0.251 e. The quantitative estimate of drug-likeness (QED) is 0.835. The van der Waals surface area contributed by atoms with Crippen LogP contribution >= 0.6 is 11.3 Å². The second kappa shape index (κ2) is 5.58. The van der Waals surface area contributed by atoms with Gasteiger partial charge in [-0.05, 0) is 32.6 Å². The molecule has 0 saturated carbocycles. The number of aromatic nitrogens is 4. The topological polar surface area (TPSA) is 72.6 Å². The molecule has 0 N–H and O–H groups in total. The van der Waals surface area contributed by atoms with Gasteiger partial charge in [0, 0.05) is 25.6 Å². The molecule has 1 amide bonds. The van der Waals surface area contributed by atoms with E-state index in [1.807, 2.05) is 16.3 Å². The van der Waals surface area contributed by atoms with Crippen LogP contribution in [0.5, 0.6) is 0 Å². The van der Waals surface area contributed by atoms with Crippen molar-refractivity contribution in [3.63, 3.8) is 0 Å². The molecule has 118 valence electrons. The number of hydrogen-bond donors (Lipinski definition) is 0. The van der Waals surface area contributed by atoms with Gasteiger partial charge in [0.2, 0.25) is 4.96 Å². The van der Waals surface area contributed by atoms with Crippen LogP contribution < -0.4 is 0 Å². The third-order valence-corrected chi connectivity index (χ3v) is 5.58. The molecular weight excluding hydrogens is 302 g/mol. The normalized spacial score (nSPS) is 23.5. The molecule has 2 aliphatic rings. The Morgan fingerprint density at radius 2 is 2.09 bits per heavy atom. The molecule has 7 nitrogen and oxygen atoms in total. The molecule has 2 aliphatic heterocycles. The van der Waals surface area contributed by atoms with E-state index in [4.69, 9.17) is 4.74 Å². The highest BCUT2D eigenvalue weighted by molar-refractivity contribution is 7.16. The SMILES string of the molecule is Cc1nnc2sc(C3CCN(C(=O)C4CCCO4)CC3)nn12. The van der Waals surface area contributed by atoms with Gasteiger partial charge in [0.05, 0.1) is 0 Å². The summed E-state index contributed by atoms with van der Waals surface area (Å²) in [5.74, 6) is 1.41. The van der Waals surface area contributed by atoms with Gasteiger partial charge in [-0.2, -0.15) is 9.61 Å². The Hall–Kier alpha value is -1.54. The van der Waals surface area contributed by atoms with Crippen molar-refractivity contribution < 1.29 is 9.53 Å². The molecule has 2 aromatic rings. The van der Waals surface area contributed by atoms with Gasteiger partial charge >= 0.3 is 0 Å².